The van der Waals surface area contributed by atoms with Gasteiger partial charge in [-0.05, 0) is 12.0 Å². The van der Waals surface area contributed by atoms with Gasteiger partial charge in [0.2, 0.25) is 0 Å². The van der Waals surface area contributed by atoms with E-state index in [0.29, 0.717) is 23.6 Å². The first-order chi connectivity index (χ1) is 7.17. The van der Waals surface area contributed by atoms with Crippen molar-refractivity contribution in [1.82, 2.24) is 4.98 Å². The summed E-state index contributed by atoms with van der Waals surface area (Å²) in [5.74, 6) is 0.691. The van der Waals surface area contributed by atoms with Crippen LogP contribution < -0.4 is 11.1 Å². The van der Waals surface area contributed by atoms with E-state index in [1.807, 2.05) is 13.0 Å². The third kappa shape index (κ3) is 3.11. The van der Waals surface area contributed by atoms with E-state index in [4.69, 9.17) is 16.1 Å². The van der Waals surface area contributed by atoms with Gasteiger partial charge < -0.3 is 16.2 Å². The molecule has 0 spiro atoms. The Morgan fingerprint density at radius 1 is 1.73 bits per heavy atom. The van der Waals surface area contributed by atoms with Crippen LogP contribution in [0.2, 0.25) is 0 Å². The molecule has 0 fully saturated rings. The van der Waals surface area contributed by atoms with Crippen molar-refractivity contribution in [3.8, 4) is 6.07 Å². The summed E-state index contributed by atoms with van der Waals surface area (Å²) in [4.78, 5) is 4.02. The molecule has 0 aliphatic rings. The van der Waals surface area contributed by atoms with E-state index >= 15 is 0 Å². The van der Waals surface area contributed by atoms with E-state index in [2.05, 4.69) is 10.3 Å². The van der Waals surface area contributed by atoms with Crippen LogP contribution >= 0.6 is 0 Å². The Labute approximate surface area is 88.6 Å². The van der Waals surface area contributed by atoms with E-state index in [1.165, 1.54) is 6.20 Å². The van der Waals surface area contributed by atoms with Crippen LogP contribution in [0.1, 0.15) is 12.5 Å². The van der Waals surface area contributed by atoms with Crippen LogP contribution in [0.4, 0.5) is 11.5 Å². The summed E-state index contributed by atoms with van der Waals surface area (Å²) in [5.41, 5.74) is 6.57. The van der Waals surface area contributed by atoms with E-state index in [1.54, 1.807) is 6.07 Å². The van der Waals surface area contributed by atoms with Gasteiger partial charge in [0, 0.05) is 19.3 Å². The van der Waals surface area contributed by atoms with Crippen molar-refractivity contribution >= 4 is 11.5 Å². The van der Waals surface area contributed by atoms with E-state index in [9.17, 15) is 0 Å². The van der Waals surface area contributed by atoms with Gasteiger partial charge in [-0.2, -0.15) is 5.26 Å². The number of nitrogens with zero attached hydrogens (tertiary/aromatic N) is 2. The summed E-state index contributed by atoms with van der Waals surface area (Å²) in [6.07, 6.45) is 1.46. The number of anilines is 2. The van der Waals surface area contributed by atoms with Gasteiger partial charge in [-0.25, -0.2) is 4.98 Å². The number of aromatic nitrogens is 1. The van der Waals surface area contributed by atoms with Crippen molar-refractivity contribution in [1.29, 1.82) is 5.26 Å². The Morgan fingerprint density at radius 2 is 2.47 bits per heavy atom. The molecule has 15 heavy (non-hydrogen) atoms. The Balaban J connectivity index is 2.67. The summed E-state index contributed by atoms with van der Waals surface area (Å²) in [6.45, 7) is 2.62. The quantitative estimate of drug-likeness (QED) is 0.669. The minimum atomic E-state index is 0.114. The highest BCUT2D eigenvalue weighted by molar-refractivity contribution is 5.62. The van der Waals surface area contributed by atoms with Gasteiger partial charge in [0.05, 0.1) is 11.3 Å². The number of nitrogens with two attached hydrogens (primary N) is 1. The summed E-state index contributed by atoms with van der Waals surface area (Å²) >= 11 is 0. The molecule has 0 aromatic carbocycles. The lowest BCUT2D eigenvalue weighted by atomic mass is 10.2. The van der Waals surface area contributed by atoms with Crippen LogP contribution in [0.3, 0.4) is 0 Å². The minimum absolute atomic E-state index is 0.114. The van der Waals surface area contributed by atoms with Crippen LogP contribution in [0, 0.1) is 17.2 Å². The fraction of sp³-hybridized carbons (Fsp3) is 0.400. The highest BCUT2D eigenvalue weighted by Gasteiger charge is 2.04. The first-order valence-electron chi connectivity index (χ1n) is 4.67. The molecule has 1 heterocycles. The van der Waals surface area contributed by atoms with E-state index in [0.717, 1.165) is 0 Å². The Morgan fingerprint density at radius 3 is 3.00 bits per heavy atom. The number of aliphatic hydroxyl groups is 1. The smallest absolute Gasteiger partial charge is 0.149 e. The topological polar surface area (TPSA) is 95.0 Å². The second-order valence-corrected chi connectivity index (χ2v) is 3.44. The zero-order chi connectivity index (χ0) is 11.3. The van der Waals surface area contributed by atoms with Crippen molar-refractivity contribution in [3.63, 3.8) is 0 Å². The molecule has 0 saturated carbocycles. The maximum absolute atomic E-state index is 8.83. The normalized spacial score (nSPS) is 11.8. The van der Waals surface area contributed by atoms with Crippen molar-refractivity contribution in [2.75, 3.05) is 24.2 Å². The van der Waals surface area contributed by atoms with Gasteiger partial charge in [0.25, 0.3) is 0 Å². The van der Waals surface area contributed by atoms with Gasteiger partial charge in [0.1, 0.15) is 11.9 Å². The number of nitrogens with one attached hydrogen (secondary N) is 1. The molecule has 0 radical (unpaired) electrons. The molecule has 5 heteroatoms. The van der Waals surface area contributed by atoms with Gasteiger partial charge in [-0.15, -0.1) is 0 Å². The lowest BCUT2D eigenvalue weighted by Crippen LogP contribution is -2.16. The number of hydrogen-bond donors (Lipinski definition) is 3. The highest BCUT2D eigenvalue weighted by atomic mass is 16.3. The third-order valence-corrected chi connectivity index (χ3v) is 1.98. The second kappa shape index (κ2) is 5.17. The molecule has 5 nitrogen and oxygen atoms in total. The third-order valence-electron chi connectivity index (χ3n) is 1.98. The van der Waals surface area contributed by atoms with Crippen LogP contribution in [0.25, 0.3) is 0 Å². The SMILES string of the molecule is CC(CO)CNc1ncc(C#N)cc1N. The maximum atomic E-state index is 8.83. The van der Waals surface area contributed by atoms with Crippen LogP contribution in [0.15, 0.2) is 12.3 Å². The first-order valence-corrected chi connectivity index (χ1v) is 4.67. The molecule has 1 rings (SSSR count). The van der Waals surface area contributed by atoms with Crippen LogP contribution in [-0.4, -0.2) is 23.2 Å². The standard InChI is InChI=1S/C10H14N4O/c1-7(6-15)4-13-10-9(12)2-8(3-11)5-14-10/h2,5,7,15H,4,6,12H2,1H3,(H,13,14). The van der Waals surface area contributed by atoms with Gasteiger partial charge in [-0.3, -0.25) is 0 Å². The van der Waals surface area contributed by atoms with E-state index in [-0.39, 0.29) is 12.5 Å². The molecule has 1 unspecified atom stereocenters. The molecule has 0 saturated heterocycles. The Kier molecular flexibility index (Phi) is 3.89. The molecular formula is C10H14N4O. The minimum Gasteiger partial charge on any atom is -0.396 e. The fourth-order valence-electron chi connectivity index (χ4n) is 1.03. The number of aliphatic hydroxyl groups excluding tert-OH is 1. The number of nitriles is 1. The molecule has 1 atom stereocenters. The van der Waals surface area contributed by atoms with Crippen molar-refractivity contribution in [2.45, 2.75) is 6.92 Å². The number of nitrogen functional groups attached to an aromatic ring is 1. The summed E-state index contributed by atoms with van der Waals surface area (Å²) < 4.78 is 0. The summed E-state index contributed by atoms with van der Waals surface area (Å²) in [5, 5.41) is 20.4. The molecule has 0 amide bonds. The van der Waals surface area contributed by atoms with Crippen molar-refractivity contribution in [3.05, 3.63) is 17.8 Å². The fourth-order valence-corrected chi connectivity index (χ4v) is 1.03. The Bertz CT molecular complexity index is 372. The highest BCUT2D eigenvalue weighted by Crippen LogP contribution is 2.16. The summed E-state index contributed by atoms with van der Waals surface area (Å²) in [7, 11) is 0. The van der Waals surface area contributed by atoms with Crippen molar-refractivity contribution < 1.29 is 5.11 Å². The number of pyridine rings is 1. The lowest BCUT2D eigenvalue weighted by molar-refractivity contribution is 0.244. The molecule has 80 valence electrons. The monoisotopic (exact) mass is 206 g/mol. The number of hydrogen-bond acceptors (Lipinski definition) is 5. The van der Waals surface area contributed by atoms with Crippen LogP contribution in [0.5, 0.6) is 0 Å². The Hall–Kier alpha value is -1.80. The molecule has 4 N–H and O–H groups in total. The molecule has 1 aromatic rings. The zero-order valence-electron chi connectivity index (χ0n) is 8.57. The zero-order valence-corrected chi connectivity index (χ0v) is 8.57. The predicted molar refractivity (Wildman–Crippen MR) is 58.1 cm³/mol. The lowest BCUT2D eigenvalue weighted by Gasteiger charge is -2.11. The van der Waals surface area contributed by atoms with Gasteiger partial charge in [-0.1, -0.05) is 6.92 Å². The molecule has 1 aromatic heterocycles. The largest absolute Gasteiger partial charge is 0.396 e. The second-order valence-electron chi connectivity index (χ2n) is 3.44. The molecule has 0 aliphatic carbocycles. The van der Waals surface area contributed by atoms with Gasteiger partial charge >= 0.3 is 0 Å². The average Bonchev–Trinajstić information content (AvgIpc) is 2.26. The average molecular weight is 206 g/mol. The molecule has 0 bridgehead atoms. The van der Waals surface area contributed by atoms with Crippen molar-refractivity contribution in [2.24, 2.45) is 5.92 Å². The predicted octanol–water partition coefficient (Wildman–Crippen LogP) is 0.576. The first kappa shape index (κ1) is 11.3. The number of rotatable bonds is 4. The molecular weight excluding hydrogens is 192 g/mol. The van der Waals surface area contributed by atoms with Crippen LogP contribution in [-0.2, 0) is 0 Å². The molecule has 0 aliphatic heterocycles. The summed E-state index contributed by atoms with van der Waals surface area (Å²) in [6, 6.07) is 3.53. The van der Waals surface area contributed by atoms with Gasteiger partial charge in [0.15, 0.2) is 0 Å². The maximum Gasteiger partial charge on any atom is 0.149 e. The van der Waals surface area contributed by atoms with E-state index < -0.39 is 0 Å².